The molecule has 0 amide bonds. The minimum absolute atomic E-state index is 0.0401. The molecule has 5 aromatic rings. The van der Waals surface area contributed by atoms with Crippen molar-refractivity contribution in [2.45, 2.75) is 26.9 Å². The van der Waals surface area contributed by atoms with Crippen LogP contribution in [0.1, 0.15) is 35.7 Å². The molecule has 0 unspecified atom stereocenters. The first-order valence-electron chi connectivity index (χ1n) is 10.7. The van der Waals surface area contributed by atoms with Crippen LogP contribution in [0.3, 0.4) is 0 Å². The second-order valence-corrected chi connectivity index (χ2v) is 9.10. The SMILES string of the molecule is Cc1ccc(C(=O)c2c(OC(C)C)c(O)n(-c3nc4ccc(F)cc4s3)c2-c2ccccc2)o1. The van der Waals surface area contributed by atoms with Crippen molar-refractivity contribution in [3.8, 4) is 28.0 Å². The molecule has 2 aromatic carbocycles. The van der Waals surface area contributed by atoms with E-state index in [0.717, 1.165) is 0 Å². The molecule has 0 fully saturated rings. The Morgan fingerprint density at radius 3 is 2.59 bits per heavy atom. The first kappa shape index (κ1) is 21.9. The first-order chi connectivity index (χ1) is 16.3. The fourth-order valence-electron chi connectivity index (χ4n) is 3.81. The van der Waals surface area contributed by atoms with Crippen LogP contribution < -0.4 is 4.74 Å². The number of rotatable bonds is 6. The number of hydrogen-bond acceptors (Lipinski definition) is 6. The summed E-state index contributed by atoms with van der Waals surface area (Å²) in [5.74, 6) is -0.309. The zero-order chi connectivity index (χ0) is 24.0. The van der Waals surface area contributed by atoms with Gasteiger partial charge in [-0.15, -0.1) is 0 Å². The van der Waals surface area contributed by atoms with Crippen LogP contribution in [0.2, 0.25) is 0 Å². The highest BCUT2D eigenvalue weighted by atomic mass is 32.1. The van der Waals surface area contributed by atoms with Gasteiger partial charge >= 0.3 is 0 Å². The molecule has 0 aliphatic heterocycles. The number of hydrogen-bond donors (Lipinski definition) is 1. The molecule has 0 aliphatic carbocycles. The number of aryl methyl sites for hydroxylation is 1. The summed E-state index contributed by atoms with van der Waals surface area (Å²) < 4.78 is 27.5. The molecule has 5 rings (SSSR count). The molecule has 172 valence electrons. The molecule has 0 radical (unpaired) electrons. The summed E-state index contributed by atoms with van der Waals surface area (Å²) in [7, 11) is 0. The fraction of sp³-hybridized carbons (Fsp3) is 0.154. The monoisotopic (exact) mass is 476 g/mol. The summed E-state index contributed by atoms with van der Waals surface area (Å²) in [5.41, 5.74) is 1.83. The lowest BCUT2D eigenvalue weighted by Crippen LogP contribution is -2.10. The maximum Gasteiger partial charge on any atom is 0.242 e. The van der Waals surface area contributed by atoms with Gasteiger partial charge in [0.05, 0.1) is 27.6 Å². The Kier molecular flexibility index (Phi) is 5.45. The molecule has 8 heteroatoms. The van der Waals surface area contributed by atoms with Gasteiger partial charge in [-0.2, -0.15) is 0 Å². The Morgan fingerprint density at radius 2 is 1.91 bits per heavy atom. The molecule has 34 heavy (non-hydrogen) atoms. The third-order valence-corrected chi connectivity index (χ3v) is 6.23. The number of ether oxygens (including phenoxy) is 1. The number of halogens is 1. The van der Waals surface area contributed by atoms with Crippen LogP contribution in [0.15, 0.2) is 65.1 Å². The lowest BCUT2D eigenvalue weighted by atomic mass is 10.0. The highest BCUT2D eigenvalue weighted by molar-refractivity contribution is 7.20. The second kappa shape index (κ2) is 8.46. The van der Waals surface area contributed by atoms with Crippen LogP contribution in [0.5, 0.6) is 11.6 Å². The Bertz CT molecular complexity index is 1510. The molecule has 3 aromatic heterocycles. The molecule has 0 spiro atoms. The molecule has 0 atom stereocenters. The zero-order valence-corrected chi connectivity index (χ0v) is 19.5. The van der Waals surface area contributed by atoms with Crippen LogP contribution in [0.4, 0.5) is 4.39 Å². The van der Waals surface area contributed by atoms with Crippen molar-refractivity contribution in [2.24, 2.45) is 0 Å². The van der Waals surface area contributed by atoms with Crippen molar-refractivity contribution in [3.63, 3.8) is 0 Å². The number of ketones is 1. The summed E-state index contributed by atoms with van der Waals surface area (Å²) in [6.45, 7) is 5.37. The number of aromatic nitrogens is 2. The number of benzene rings is 2. The molecule has 6 nitrogen and oxygen atoms in total. The second-order valence-electron chi connectivity index (χ2n) is 8.09. The molecule has 0 saturated carbocycles. The quantitative estimate of drug-likeness (QED) is 0.282. The highest BCUT2D eigenvalue weighted by Crippen LogP contribution is 2.46. The van der Waals surface area contributed by atoms with Crippen molar-refractivity contribution in [1.29, 1.82) is 0 Å². The minimum atomic E-state index is -0.427. The van der Waals surface area contributed by atoms with Gasteiger partial charge in [0.1, 0.15) is 11.6 Å². The van der Waals surface area contributed by atoms with E-state index in [1.807, 2.05) is 44.2 Å². The lowest BCUT2D eigenvalue weighted by molar-refractivity contribution is 0.100. The van der Waals surface area contributed by atoms with Crippen LogP contribution in [-0.4, -0.2) is 26.5 Å². The van der Waals surface area contributed by atoms with E-state index in [-0.39, 0.29) is 34.9 Å². The largest absolute Gasteiger partial charge is 0.492 e. The predicted molar refractivity (Wildman–Crippen MR) is 129 cm³/mol. The summed E-state index contributed by atoms with van der Waals surface area (Å²) in [4.78, 5) is 18.3. The van der Waals surface area contributed by atoms with Gasteiger partial charge in [-0.05, 0) is 56.7 Å². The normalized spacial score (nSPS) is 11.4. The number of thiazole rings is 1. The Balaban J connectivity index is 1.84. The van der Waals surface area contributed by atoms with E-state index in [1.165, 1.54) is 28.0 Å². The predicted octanol–water partition coefficient (Wildman–Crippen LogP) is 6.52. The Hall–Kier alpha value is -3.91. The minimum Gasteiger partial charge on any atom is -0.492 e. The Morgan fingerprint density at radius 1 is 1.15 bits per heavy atom. The van der Waals surface area contributed by atoms with E-state index in [9.17, 15) is 14.3 Å². The molecule has 3 heterocycles. The van der Waals surface area contributed by atoms with E-state index < -0.39 is 5.78 Å². The van der Waals surface area contributed by atoms with Crippen molar-refractivity contribution >= 4 is 27.3 Å². The van der Waals surface area contributed by atoms with Gasteiger partial charge in [-0.25, -0.2) is 9.37 Å². The number of fused-ring (bicyclic) bond motifs is 1. The van der Waals surface area contributed by atoms with Crippen molar-refractivity contribution in [1.82, 2.24) is 9.55 Å². The van der Waals surface area contributed by atoms with E-state index in [2.05, 4.69) is 4.98 Å². The molecular formula is C26H21FN2O4S. The summed E-state index contributed by atoms with van der Waals surface area (Å²) >= 11 is 1.20. The molecular weight excluding hydrogens is 455 g/mol. The number of carbonyl (C=O) groups is 1. The summed E-state index contributed by atoms with van der Waals surface area (Å²) in [6, 6.07) is 16.8. The maximum atomic E-state index is 13.8. The van der Waals surface area contributed by atoms with Gasteiger partial charge in [0.15, 0.2) is 16.6 Å². The first-order valence-corrected chi connectivity index (χ1v) is 11.5. The number of aromatic hydroxyl groups is 1. The molecule has 0 saturated heterocycles. The topological polar surface area (TPSA) is 77.5 Å². The van der Waals surface area contributed by atoms with Gasteiger partial charge in [-0.3, -0.25) is 9.36 Å². The average Bonchev–Trinajstić information content (AvgIpc) is 3.49. The molecule has 0 aliphatic rings. The third-order valence-electron chi connectivity index (χ3n) is 5.22. The Labute approximate surface area is 198 Å². The van der Waals surface area contributed by atoms with Gasteiger partial charge in [0, 0.05) is 0 Å². The van der Waals surface area contributed by atoms with Crippen molar-refractivity contribution < 1.29 is 23.4 Å². The molecule has 1 N–H and O–H groups in total. The number of nitrogens with zero attached hydrogens (tertiary/aromatic N) is 2. The fourth-order valence-corrected chi connectivity index (χ4v) is 4.81. The zero-order valence-electron chi connectivity index (χ0n) is 18.7. The smallest absolute Gasteiger partial charge is 0.242 e. The third kappa shape index (κ3) is 3.76. The van der Waals surface area contributed by atoms with Crippen LogP contribution >= 0.6 is 11.3 Å². The van der Waals surface area contributed by atoms with Crippen molar-refractivity contribution in [3.05, 3.63) is 83.6 Å². The maximum absolute atomic E-state index is 13.8. The summed E-state index contributed by atoms with van der Waals surface area (Å²) in [5, 5.41) is 11.8. The van der Waals surface area contributed by atoms with Gasteiger partial charge in [0.2, 0.25) is 11.7 Å². The van der Waals surface area contributed by atoms with E-state index in [4.69, 9.17) is 9.15 Å². The van der Waals surface area contributed by atoms with E-state index >= 15 is 0 Å². The lowest BCUT2D eigenvalue weighted by Gasteiger charge is -2.10. The standard InChI is InChI=1S/C26H21FN2O4S/c1-14(2)32-24-21(23(30)19-12-9-15(3)33-19)22(16-7-5-4-6-8-16)29(25(24)31)26-28-18-11-10-17(27)13-20(18)34-26/h4-14,31H,1-3H3. The van der Waals surface area contributed by atoms with Crippen LogP contribution in [-0.2, 0) is 0 Å². The number of carbonyl (C=O) groups excluding carboxylic acids is 1. The van der Waals surface area contributed by atoms with Crippen LogP contribution in [0.25, 0.3) is 26.6 Å². The van der Waals surface area contributed by atoms with E-state index in [1.54, 1.807) is 25.1 Å². The number of furan rings is 1. The molecule has 0 bridgehead atoms. The van der Waals surface area contributed by atoms with Crippen LogP contribution in [0, 0.1) is 12.7 Å². The van der Waals surface area contributed by atoms with Gasteiger partial charge < -0.3 is 14.3 Å². The van der Waals surface area contributed by atoms with Gasteiger partial charge in [-0.1, -0.05) is 41.7 Å². The highest BCUT2D eigenvalue weighted by Gasteiger charge is 2.33. The van der Waals surface area contributed by atoms with Gasteiger partial charge in [0.25, 0.3) is 0 Å². The summed E-state index contributed by atoms with van der Waals surface area (Å²) in [6.07, 6.45) is -0.320. The average molecular weight is 477 g/mol. The van der Waals surface area contributed by atoms with Crippen molar-refractivity contribution in [2.75, 3.05) is 0 Å². The van der Waals surface area contributed by atoms with E-state index in [0.29, 0.717) is 32.4 Å².